The van der Waals surface area contributed by atoms with Gasteiger partial charge in [0.1, 0.15) is 6.29 Å². The highest BCUT2D eigenvalue weighted by Crippen LogP contribution is 2.23. The summed E-state index contributed by atoms with van der Waals surface area (Å²) >= 11 is 0. The first-order valence-electron chi connectivity index (χ1n) is 6.77. The molecule has 4 nitrogen and oxygen atoms in total. The average Bonchev–Trinajstić information content (AvgIpc) is 2.46. The van der Waals surface area contributed by atoms with Gasteiger partial charge in [0.25, 0.3) is 0 Å². The van der Waals surface area contributed by atoms with Gasteiger partial charge in [-0.25, -0.2) is 0 Å². The number of aryl methyl sites for hydroxylation is 1. The van der Waals surface area contributed by atoms with Crippen LogP contribution >= 0.6 is 0 Å². The number of hydrogen-bond acceptors (Lipinski definition) is 4. The summed E-state index contributed by atoms with van der Waals surface area (Å²) in [5.41, 5.74) is 1.73. The van der Waals surface area contributed by atoms with E-state index in [0.29, 0.717) is 0 Å². The van der Waals surface area contributed by atoms with Crippen LogP contribution in [0.1, 0.15) is 35.7 Å². The van der Waals surface area contributed by atoms with E-state index in [1.165, 1.54) is 0 Å². The third kappa shape index (κ3) is 3.07. The molecular weight excluding hydrogens is 240 g/mol. The molecule has 2 rings (SSSR count). The summed E-state index contributed by atoms with van der Waals surface area (Å²) in [4.78, 5) is 29.4. The maximum Gasteiger partial charge on any atom is 0.167 e. The summed E-state index contributed by atoms with van der Waals surface area (Å²) in [6.07, 6.45) is 5.99. The summed E-state index contributed by atoms with van der Waals surface area (Å²) in [7, 11) is 0. The van der Waals surface area contributed by atoms with Gasteiger partial charge >= 0.3 is 0 Å². The van der Waals surface area contributed by atoms with Crippen LogP contribution < -0.4 is 0 Å². The van der Waals surface area contributed by atoms with Crippen LogP contribution in [0.15, 0.2) is 18.5 Å². The number of hydrogen-bond donors (Lipinski definition) is 0. The van der Waals surface area contributed by atoms with E-state index in [-0.39, 0.29) is 17.7 Å². The van der Waals surface area contributed by atoms with E-state index in [1.54, 1.807) is 12.4 Å². The van der Waals surface area contributed by atoms with Crippen LogP contribution in [0, 0.1) is 12.8 Å². The van der Waals surface area contributed by atoms with Gasteiger partial charge in [-0.1, -0.05) is 0 Å². The predicted octanol–water partition coefficient (Wildman–Crippen LogP) is 1.87. The molecule has 0 amide bonds. The van der Waals surface area contributed by atoms with E-state index in [2.05, 4.69) is 9.88 Å². The molecule has 2 heterocycles. The highest BCUT2D eigenvalue weighted by atomic mass is 16.1. The number of Topliss-reactive ketones (excluding diaryl/α,β-unsaturated/α-hetero) is 1. The van der Waals surface area contributed by atoms with Crippen molar-refractivity contribution in [2.45, 2.75) is 32.7 Å². The van der Waals surface area contributed by atoms with Crippen molar-refractivity contribution in [1.82, 2.24) is 9.88 Å². The topological polar surface area (TPSA) is 50.3 Å². The lowest BCUT2D eigenvalue weighted by Crippen LogP contribution is -2.42. The van der Waals surface area contributed by atoms with Crippen LogP contribution in [0.4, 0.5) is 0 Å². The van der Waals surface area contributed by atoms with Crippen LogP contribution in [0.5, 0.6) is 0 Å². The van der Waals surface area contributed by atoms with Crippen molar-refractivity contribution in [2.24, 2.45) is 5.92 Å². The maximum absolute atomic E-state index is 12.4. The lowest BCUT2D eigenvalue weighted by molar-refractivity contribution is -0.112. The first-order valence-corrected chi connectivity index (χ1v) is 6.77. The minimum Gasteiger partial charge on any atom is -0.302 e. The fourth-order valence-electron chi connectivity index (χ4n) is 2.60. The Morgan fingerprint density at radius 3 is 2.74 bits per heavy atom. The number of carbonyl (C=O) groups excluding carboxylic acids is 2. The molecule has 0 bridgehead atoms. The van der Waals surface area contributed by atoms with Crippen molar-refractivity contribution in [1.29, 1.82) is 0 Å². The molecule has 1 saturated heterocycles. The lowest BCUT2D eigenvalue weighted by Gasteiger charge is -2.33. The molecule has 1 aromatic heterocycles. The van der Waals surface area contributed by atoms with Crippen LogP contribution in [-0.2, 0) is 4.79 Å². The van der Waals surface area contributed by atoms with Crippen molar-refractivity contribution in [3.63, 3.8) is 0 Å². The summed E-state index contributed by atoms with van der Waals surface area (Å²) in [6.45, 7) is 5.48. The van der Waals surface area contributed by atoms with Gasteiger partial charge in [0.2, 0.25) is 0 Å². The first kappa shape index (κ1) is 13.9. The normalized spacial score (nSPS) is 19.1. The maximum atomic E-state index is 12.4. The Balaban J connectivity index is 2.00. The van der Waals surface area contributed by atoms with Gasteiger partial charge in [0.15, 0.2) is 5.78 Å². The number of piperidine rings is 1. The summed E-state index contributed by atoms with van der Waals surface area (Å²) in [5, 5.41) is 0. The molecule has 4 heteroatoms. The van der Waals surface area contributed by atoms with Crippen molar-refractivity contribution in [3.8, 4) is 0 Å². The van der Waals surface area contributed by atoms with Crippen LogP contribution in [0.2, 0.25) is 0 Å². The number of likely N-dealkylation sites (tertiary alicyclic amines) is 1. The molecule has 1 atom stereocenters. The molecule has 0 N–H and O–H groups in total. The van der Waals surface area contributed by atoms with E-state index >= 15 is 0 Å². The van der Waals surface area contributed by atoms with Gasteiger partial charge in [0.05, 0.1) is 6.04 Å². The number of rotatable bonds is 4. The smallest absolute Gasteiger partial charge is 0.167 e. The number of aldehydes is 1. The Labute approximate surface area is 113 Å². The second kappa shape index (κ2) is 6.06. The molecule has 1 aromatic rings. The van der Waals surface area contributed by atoms with Crippen molar-refractivity contribution < 1.29 is 9.59 Å². The zero-order chi connectivity index (χ0) is 13.8. The highest BCUT2D eigenvalue weighted by molar-refractivity contribution is 5.98. The van der Waals surface area contributed by atoms with Gasteiger partial charge in [-0.05, 0) is 51.4 Å². The molecule has 19 heavy (non-hydrogen) atoms. The third-order valence-electron chi connectivity index (χ3n) is 3.98. The highest BCUT2D eigenvalue weighted by Gasteiger charge is 2.28. The second-order valence-corrected chi connectivity index (χ2v) is 5.24. The van der Waals surface area contributed by atoms with Crippen molar-refractivity contribution in [2.75, 3.05) is 13.1 Å². The SMILES string of the molecule is Cc1ccncc1C(=O)C1CCN(C(C)C=O)CC1. The fourth-order valence-corrected chi connectivity index (χ4v) is 2.60. The number of nitrogens with zero attached hydrogens (tertiary/aromatic N) is 2. The molecule has 0 radical (unpaired) electrons. The van der Waals surface area contributed by atoms with Gasteiger partial charge in [-0.15, -0.1) is 0 Å². The number of ketones is 1. The molecule has 0 aliphatic carbocycles. The van der Waals surface area contributed by atoms with E-state index in [4.69, 9.17) is 0 Å². The van der Waals surface area contributed by atoms with E-state index in [1.807, 2.05) is 19.9 Å². The van der Waals surface area contributed by atoms with Crippen LogP contribution in [-0.4, -0.2) is 41.1 Å². The first-order chi connectivity index (χ1) is 9.13. The van der Waals surface area contributed by atoms with Crippen LogP contribution in [0.25, 0.3) is 0 Å². The summed E-state index contributed by atoms with van der Waals surface area (Å²) in [5.74, 6) is 0.266. The molecule has 1 fully saturated rings. The zero-order valence-electron chi connectivity index (χ0n) is 11.5. The van der Waals surface area contributed by atoms with Gasteiger partial charge in [0, 0.05) is 23.9 Å². The Hall–Kier alpha value is -1.55. The largest absolute Gasteiger partial charge is 0.302 e. The Morgan fingerprint density at radius 1 is 1.47 bits per heavy atom. The molecule has 1 aliphatic rings. The molecule has 0 aromatic carbocycles. The third-order valence-corrected chi connectivity index (χ3v) is 3.98. The molecule has 1 aliphatic heterocycles. The monoisotopic (exact) mass is 260 g/mol. The quantitative estimate of drug-likeness (QED) is 0.612. The minimum atomic E-state index is -0.0452. The standard InChI is InChI=1S/C15H20N2O2/c1-11-3-6-16-9-14(11)15(19)13-4-7-17(8-5-13)12(2)10-18/h3,6,9-10,12-13H,4-5,7-8H2,1-2H3. The number of aromatic nitrogens is 1. The molecule has 1 unspecified atom stereocenters. The van der Waals surface area contributed by atoms with Gasteiger partial charge < -0.3 is 4.79 Å². The second-order valence-electron chi connectivity index (χ2n) is 5.24. The fraction of sp³-hybridized carbons (Fsp3) is 0.533. The van der Waals surface area contributed by atoms with E-state index in [0.717, 1.165) is 43.3 Å². The molecule has 0 spiro atoms. The van der Waals surface area contributed by atoms with Crippen LogP contribution in [0.3, 0.4) is 0 Å². The van der Waals surface area contributed by atoms with E-state index in [9.17, 15) is 9.59 Å². The molecular formula is C15H20N2O2. The average molecular weight is 260 g/mol. The lowest BCUT2D eigenvalue weighted by atomic mass is 9.87. The Morgan fingerprint density at radius 2 is 2.16 bits per heavy atom. The van der Waals surface area contributed by atoms with Crippen molar-refractivity contribution in [3.05, 3.63) is 29.6 Å². The molecule has 102 valence electrons. The van der Waals surface area contributed by atoms with Gasteiger partial charge in [-0.3, -0.25) is 14.7 Å². The van der Waals surface area contributed by atoms with E-state index < -0.39 is 0 Å². The van der Waals surface area contributed by atoms with Crippen molar-refractivity contribution >= 4 is 12.1 Å². The molecule has 0 saturated carbocycles. The number of carbonyl (C=O) groups is 2. The number of pyridine rings is 1. The summed E-state index contributed by atoms with van der Waals surface area (Å²) < 4.78 is 0. The predicted molar refractivity (Wildman–Crippen MR) is 73.1 cm³/mol. The minimum absolute atomic E-state index is 0.0452. The summed E-state index contributed by atoms with van der Waals surface area (Å²) in [6, 6.07) is 1.83. The Kier molecular flexibility index (Phi) is 4.43. The zero-order valence-corrected chi connectivity index (χ0v) is 11.5. The van der Waals surface area contributed by atoms with Gasteiger partial charge in [-0.2, -0.15) is 0 Å². The Bertz CT molecular complexity index is 465.